The van der Waals surface area contributed by atoms with Gasteiger partial charge in [-0.3, -0.25) is 0 Å². The number of carbonyl (C=O) groups is 1. The fraction of sp³-hybridized carbons (Fsp3) is 0.611. The van der Waals surface area contributed by atoms with E-state index in [1.54, 1.807) is 4.90 Å². The largest absolute Gasteiger partial charge is 0.444 e. The molecule has 0 bridgehead atoms. The first-order valence-electron chi connectivity index (χ1n) is 8.25. The number of carbonyl (C=O) groups excluding carboxylic acids is 1. The second-order valence-corrected chi connectivity index (χ2v) is 7.58. The van der Waals surface area contributed by atoms with Crippen molar-refractivity contribution in [1.29, 1.82) is 0 Å². The lowest BCUT2D eigenvalue weighted by atomic mass is 9.89. The molecule has 0 atom stereocenters. The van der Waals surface area contributed by atoms with Crippen LogP contribution in [0.15, 0.2) is 18.2 Å². The molecule has 134 valence electrons. The van der Waals surface area contributed by atoms with Gasteiger partial charge in [0.2, 0.25) is 0 Å². The number of halogens is 2. The van der Waals surface area contributed by atoms with Gasteiger partial charge in [-0.1, -0.05) is 6.07 Å². The first kappa shape index (κ1) is 18.6. The van der Waals surface area contributed by atoms with E-state index in [4.69, 9.17) is 4.74 Å². The van der Waals surface area contributed by atoms with Crippen LogP contribution in [0.4, 0.5) is 13.6 Å². The Morgan fingerprint density at radius 3 is 2.29 bits per heavy atom. The van der Waals surface area contributed by atoms with Gasteiger partial charge >= 0.3 is 6.09 Å². The molecule has 0 spiro atoms. The van der Waals surface area contributed by atoms with Gasteiger partial charge in [0.1, 0.15) is 17.2 Å². The Hall–Kier alpha value is -1.69. The zero-order valence-corrected chi connectivity index (χ0v) is 14.8. The second-order valence-electron chi connectivity index (χ2n) is 7.58. The van der Waals surface area contributed by atoms with Crippen LogP contribution in [0, 0.1) is 11.6 Å². The maximum atomic E-state index is 13.7. The van der Waals surface area contributed by atoms with E-state index in [1.165, 1.54) is 18.2 Å². The van der Waals surface area contributed by atoms with E-state index < -0.39 is 17.2 Å². The van der Waals surface area contributed by atoms with E-state index in [0.717, 1.165) is 0 Å². The average molecular weight is 340 g/mol. The van der Waals surface area contributed by atoms with Gasteiger partial charge in [-0.2, -0.15) is 0 Å². The van der Waals surface area contributed by atoms with Crippen molar-refractivity contribution in [2.24, 2.45) is 0 Å². The SMILES string of the molecule is CC1(NCc2c(F)cccc2F)CCN(C(=O)OC(C)(C)C)CC1. The monoisotopic (exact) mass is 340 g/mol. The van der Waals surface area contributed by atoms with Crippen LogP contribution in [0.1, 0.15) is 46.1 Å². The average Bonchev–Trinajstić information content (AvgIpc) is 2.45. The second kappa shape index (κ2) is 7.05. The Balaban J connectivity index is 1.89. The number of likely N-dealkylation sites (tertiary alicyclic amines) is 1. The maximum Gasteiger partial charge on any atom is 0.410 e. The van der Waals surface area contributed by atoms with Gasteiger partial charge in [0.05, 0.1) is 0 Å². The standard InChI is InChI=1S/C18H26F2N2O2/c1-17(2,3)24-16(23)22-10-8-18(4,9-11-22)21-12-13-14(19)6-5-7-15(13)20/h5-7,21H,8-12H2,1-4H3. The van der Waals surface area contributed by atoms with Crippen LogP contribution in [0.3, 0.4) is 0 Å². The lowest BCUT2D eigenvalue weighted by Gasteiger charge is -2.40. The number of amides is 1. The smallest absolute Gasteiger partial charge is 0.410 e. The van der Waals surface area contributed by atoms with E-state index in [2.05, 4.69) is 5.32 Å². The number of piperidine rings is 1. The molecule has 0 aliphatic carbocycles. The minimum Gasteiger partial charge on any atom is -0.444 e. The third-order valence-electron chi connectivity index (χ3n) is 4.27. The number of hydrogen-bond donors (Lipinski definition) is 1. The maximum absolute atomic E-state index is 13.7. The van der Waals surface area contributed by atoms with E-state index in [9.17, 15) is 13.6 Å². The first-order chi connectivity index (χ1) is 11.1. The summed E-state index contributed by atoms with van der Waals surface area (Å²) in [6.45, 7) is 8.76. The number of benzene rings is 1. The number of nitrogens with one attached hydrogen (secondary N) is 1. The molecule has 24 heavy (non-hydrogen) atoms. The molecule has 1 aromatic rings. The Morgan fingerprint density at radius 1 is 1.25 bits per heavy atom. The first-order valence-corrected chi connectivity index (χ1v) is 8.25. The third-order valence-corrected chi connectivity index (χ3v) is 4.27. The number of hydrogen-bond acceptors (Lipinski definition) is 3. The molecule has 1 N–H and O–H groups in total. The summed E-state index contributed by atoms with van der Waals surface area (Å²) in [4.78, 5) is 13.8. The highest BCUT2D eigenvalue weighted by Crippen LogP contribution is 2.24. The molecule has 1 saturated heterocycles. The van der Waals surface area contributed by atoms with Crippen LogP contribution in [0.2, 0.25) is 0 Å². The van der Waals surface area contributed by atoms with Crippen molar-refractivity contribution in [2.45, 2.75) is 58.2 Å². The van der Waals surface area contributed by atoms with Crippen molar-refractivity contribution in [1.82, 2.24) is 10.2 Å². The van der Waals surface area contributed by atoms with Crippen molar-refractivity contribution in [2.75, 3.05) is 13.1 Å². The molecule has 1 heterocycles. The summed E-state index contributed by atoms with van der Waals surface area (Å²) in [5, 5.41) is 3.24. The van der Waals surface area contributed by atoms with E-state index in [0.29, 0.717) is 25.9 Å². The molecule has 1 aliphatic heterocycles. The molecule has 0 saturated carbocycles. The van der Waals surface area contributed by atoms with Crippen LogP contribution >= 0.6 is 0 Å². The van der Waals surface area contributed by atoms with Crippen molar-refractivity contribution in [3.8, 4) is 0 Å². The van der Waals surface area contributed by atoms with Crippen molar-refractivity contribution >= 4 is 6.09 Å². The molecular formula is C18H26F2N2O2. The molecule has 1 amide bonds. The Morgan fingerprint density at radius 2 is 1.79 bits per heavy atom. The van der Waals surface area contributed by atoms with Gasteiger partial charge in [0.25, 0.3) is 0 Å². The number of ether oxygens (including phenoxy) is 1. The van der Waals surface area contributed by atoms with E-state index >= 15 is 0 Å². The molecular weight excluding hydrogens is 314 g/mol. The van der Waals surface area contributed by atoms with Crippen LogP contribution in [0.5, 0.6) is 0 Å². The molecule has 1 aromatic carbocycles. The summed E-state index contributed by atoms with van der Waals surface area (Å²) in [5.74, 6) is -1.09. The minimum atomic E-state index is -0.544. The van der Waals surface area contributed by atoms with Gasteiger partial charge < -0.3 is 15.0 Å². The van der Waals surface area contributed by atoms with E-state index in [1.807, 2.05) is 27.7 Å². The lowest BCUT2D eigenvalue weighted by molar-refractivity contribution is 0.0156. The lowest BCUT2D eigenvalue weighted by Crippen LogP contribution is -2.53. The van der Waals surface area contributed by atoms with Crippen LogP contribution in [-0.4, -0.2) is 35.2 Å². The Labute approximate surface area is 142 Å². The highest BCUT2D eigenvalue weighted by atomic mass is 19.1. The summed E-state index contributed by atoms with van der Waals surface area (Å²) in [6, 6.07) is 3.87. The Bertz CT molecular complexity index is 571. The summed E-state index contributed by atoms with van der Waals surface area (Å²) in [6.07, 6.45) is 1.08. The third kappa shape index (κ3) is 4.90. The summed E-state index contributed by atoms with van der Waals surface area (Å²) in [5.41, 5.74) is -0.737. The molecule has 1 fully saturated rings. The van der Waals surface area contributed by atoms with Crippen LogP contribution in [-0.2, 0) is 11.3 Å². The molecule has 0 aromatic heterocycles. The summed E-state index contributed by atoms with van der Waals surface area (Å²) in [7, 11) is 0. The van der Waals surface area contributed by atoms with Crippen molar-refractivity contribution in [3.05, 3.63) is 35.4 Å². The van der Waals surface area contributed by atoms with Gasteiger partial charge in [0.15, 0.2) is 0 Å². The zero-order chi connectivity index (χ0) is 18.0. The quantitative estimate of drug-likeness (QED) is 0.909. The van der Waals surface area contributed by atoms with Gasteiger partial charge in [0, 0.05) is 30.7 Å². The molecule has 2 rings (SSSR count). The fourth-order valence-corrected chi connectivity index (χ4v) is 2.69. The van der Waals surface area contributed by atoms with Gasteiger partial charge in [-0.05, 0) is 52.7 Å². The highest BCUT2D eigenvalue weighted by Gasteiger charge is 2.33. The van der Waals surface area contributed by atoms with Gasteiger partial charge in [-0.25, -0.2) is 13.6 Å². The summed E-state index contributed by atoms with van der Waals surface area (Å²) >= 11 is 0. The molecule has 1 aliphatic rings. The topological polar surface area (TPSA) is 41.6 Å². The van der Waals surface area contributed by atoms with Crippen molar-refractivity contribution < 1.29 is 18.3 Å². The summed E-state index contributed by atoms with van der Waals surface area (Å²) < 4.78 is 32.8. The number of nitrogens with zero attached hydrogens (tertiary/aromatic N) is 1. The van der Waals surface area contributed by atoms with Crippen molar-refractivity contribution in [3.63, 3.8) is 0 Å². The van der Waals surface area contributed by atoms with Crippen LogP contribution < -0.4 is 5.32 Å². The van der Waals surface area contributed by atoms with Crippen LogP contribution in [0.25, 0.3) is 0 Å². The number of rotatable bonds is 3. The predicted octanol–water partition coefficient (Wildman–Crippen LogP) is 3.84. The fourth-order valence-electron chi connectivity index (χ4n) is 2.69. The zero-order valence-electron chi connectivity index (χ0n) is 14.8. The Kier molecular flexibility index (Phi) is 5.48. The predicted molar refractivity (Wildman–Crippen MR) is 88.6 cm³/mol. The van der Waals surface area contributed by atoms with E-state index in [-0.39, 0.29) is 23.7 Å². The molecule has 6 heteroatoms. The molecule has 0 unspecified atom stereocenters. The highest BCUT2D eigenvalue weighted by molar-refractivity contribution is 5.68. The molecule has 0 radical (unpaired) electrons. The van der Waals surface area contributed by atoms with Gasteiger partial charge in [-0.15, -0.1) is 0 Å². The minimum absolute atomic E-state index is 0.0493. The molecule has 4 nitrogen and oxygen atoms in total. The normalized spacial score (nSPS) is 17.7.